The third-order valence-corrected chi connectivity index (χ3v) is 9.24. The average Bonchev–Trinajstić information content (AvgIpc) is 3.77. The number of Topliss-reactive ketones (excluding diaryl/α,β-unsaturated/α-hetero) is 1. The van der Waals surface area contributed by atoms with Crippen LogP contribution in [-0.2, 0) is 19.1 Å². The molecule has 48 heavy (non-hydrogen) atoms. The first kappa shape index (κ1) is 37.0. The molecule has 3 heterocycles. The zero-order valence-electron chi connectivity index (χ0n) is 29.1. The molecule has 0 bridgehead atoms. The molecule has 2 aliphatic rings. The Labute approximate surface area is 287 Å². The van der Waals surface area contributed by atoms with Crippen LogP contribution in [0.25, 0.3) is 11.3 Å². The summed E-state index contributed by atoms with van der Waals surface area (Å²) in [5.74, 6) is -1.94. The maximum atomic E-state index is 14.2. The van der Waals surface area contributed by atoms with Crippen molar-refractivity contribution in [3.05, 3.63) is 40.7 Å². The lowest BCUT2D eigenvalue weighted by molar-refractivity contribution is -0.142. The van der Waals surface area contributed by atoms with Gasteiger partial charge in [-0.25, -0.2) is 9.78 Å². The van der Waals surface area contributed by atoms with Gasteiger partial charge in [-0.15, -0.1) is 11.3 Å². The molecule has 4 N–H and O–H groups in total. The molecule has 5 atom stereocenters. The molecule has 2 saturated heterocycles. The van der Waals surface area contributed by atoms with Crippen LogP contribution < -0.4 is 21.3 Å². The number of nitrogens with one attached hydrogen (secondary N) is 4. The molecule has 0 unspecified atom stereocenters. The molecule has 1 aromatic heterocycles. The van der Waals surface area contributed by atoms with Crippen molar-refractivity contribution in [3.63, 3.8) is 0 Å². The molecule has 5 amide bonds. The van der Waals surface area contributed by atoms with Crippen molar-refractivity contribution < 1.29 is 28.7 Å². The summed E-state index contributed by atoms with van der Waals surface area (Å²) in [4.78, 5) is 73.9. The standard InChI is InChI=1S/C35H50N6O6S/c1-8-16-47-23-18-26(41(19-23)32(45)28(34(2,3)4)39-33(46)40-35(5,6)7)30(44)37-24(17-22-14-15-36-29(22)43)27(42)31-38-25(20-48-31)21-12-10-9-11-13-21/h9-13,20,22-24,26,28H,8,14-19H2,1-7H3,(H,36,43)(H,37,44)(H2,39,40,46)/t22-,23+,24-,26-,28+/m0/s1. The Morgan fingerprint density at radius 1 is 1.08 bits per heavy atom. The van der Waals surface area contributed by atoms with E-state index in [0.29, 0.717) is 25.3 Å². The third-order valence-electron chi connectivity index (χ3n) is 8.38. The molecule has 12 nitrogen and oxygen atoms in total. The molecule has 0 radical (unpaired) electrons. The maximum absolute atomic E-state index is 14.2. The second-order valence-electron chi connectivity index (χ2n) is 14.7. The van der Waals surface area contributed by atoms with Crippen molar-refractivity contribution in [2.45, 2.75) is 104 Å². The molecule has 2 aromatic rings. The largest absolute Gasteiger partial charge is 0.376 e. The van der Waals surface area contributed by atoms with Crippen molar-refractivity contribution in [2.75, 3.05) is 19.7 Å². The zero-order chi connectivity index (χ0) is 35.2. The molecule has 0 saturated carbocycles. The number of carbonyl (C=O) groups excluding carboxylic acids is 5. The van der Waals surface area contributed by atoms with E-state index in [1.54, 1.807) is 5.38 Å². The van der Waals surface area contributed by atoms with Gasteiger partial charge in [0.2, 0.25) is 23.5 Å². The summed E-state index contributed by atoms with van der Waals surface area (Å²) in [5, 5.41) is 13.4. The van der Waals surface area contributed by atoms with Gasteiger partial charge in [-0.2, -0.15) is 0 Å². The summed E-state index contributed by atoms with van der Waals surface area (Å²) in [6, 6.07) is 6.04. The topological polar surface area (TPSA) is 159 Å². The van der Waals surface area contributed by atoms with Gasteiger partial charge in [0.1, 0.15) is 12.1 Å². The van der Waals surface area contributed by atoms with Gasteiger partial charge in [-0.1, -0.05) is 58.0 Å². The number of thiazole rings is 1. The van der Waals surface area contributed by atoms with Crippen LogP contribution in [0.5, 0.6) is 0 Å². The van der Waals surface area contributed by atoms with Gasteiger partial charge in [0.15, 0.2) is 5.01 Å². The van der Waals surface area contributed by atoms with E-state index in [0.717, 1.165) is 12.0 Å². The Morgan fingerprint density at radius 2 is 1.79 bits per heavy atom. The SMILES string of the molecule is CCCO[C@@H]1C[C@@H](C(=O)N[C@@H](C[C@@H]2CCNC2=O)C(=O)c2nc(-c3ccccc3)cs2)N(C(=O)[C@@H](NC(=O)NC(C)(C)C)C(C)(C)C)C1. The first-order valence-electron chi connectivity index (χ1n) is 16.7. The number of ether oxygens (including phenoxy) is 1. The predicted molar refractivity (Wildman–Crippen MR) is 184 cm³/mol. The monoisotopic (exact) mass is 682 g/mol. The van der Waals surface area contributed by atoms with Gasteiger partial charge < -0.3 is 30.9 Å². The number of rotatable bonds is 12. The van der Waals surface area contributed by atoms with E-state index in [1.807, 2.05) is 78.8 Å². The lowest BCUT2D eigenvalue weighted by Crippen LogP contribution is -2.61. The summed E-state index contributed by atoms with van der Waals surface area (Å²) in [7, 11) is 0. The first-order chi connectivity index (χ1) is 22.6. The summed E-state index contributed by atoms with van der Waals surface area (Å²) in [5.41, 5.74) is 0.292. The lowest BCUT2D eigenvalue weighted by atomic mass is 9.85. The van der Waals surface area contributed by atoms with Crippen LogP contribution in [0, 0.1) is 11.3 Å². The molecule has 2 fully saturated rings. The van der Waals surface area contributed by atoms with Crippen LogP contribution >= 0.6 is 11.3 Å². The summed E-state index contributed by atoms with van der Waals surface area (Å²) in [6.45, 7) is 14.2. The molecular weight excluding hydrogens is 632 g/mol. The van der Waals surface area contributed by atoms with Crippen molar-refractivity contribution in [1.29, 1.82) is 0 Å². The summed E-state index contributed by atoms with van der Waals surface area (Å²) in [6.07, 6.45) is 1.23. The summed E-state index contributed by atoms with van der Waals surface area (Å²) >= 11 is 1.19. The van der Waals surface area contributed by atoms with Gasteiger partial charge >= 0.3 is 6.03 Å². The highest BCUT2D eigenvalue weighted by Crippen LogP contribution is 2.29. The van der Waals surface area contributed by atoms with E-state index >= 15 is 0 Å². The van der Waals surface area contributed by atoms with Gasteiger partial charge in [-0.05, 0) is 45.4 Å². The van der Waals surface area contributed by atoms with Crippen molar-refractivity contribution in [2.24, 2.45) is 11.3 Å². The quantitative estimate of drug-likeness (QED) is 0.247. The van der Waals surface area contributed by atoms with E-state index in [1.165, 1.54) is 16.2 Å². The molecule has 13 heteroatoms. The molecule has 0 aliphatic carbocycles. The molecule has 2 aliphatic heterocycles. The number of hydrogen-bond donors (Lipinski definition) is 4. The van der Waals surface area contributed by atoms with Crippen LogP contribution in [0.1, 0.15) is 84.0 Å². The minimum absolute atomic E-state index is 0.103. The molecular formula is C35H50N6O6S. The van der Waals surface area contributed by atoms with Crippen LogP contribution in [0.2, 0.25) is 0 Å². The molecule has 4 rings (SSSR count). The zero-order valence-corrected chi connectivity index (χ0v) is 29.9. The second kappa shape index (κ2) is 15.6. The van der Waals surface area contributed by atoms with Gasteiger partial charge in [0.25, 0.3) is 0 Å². The van der Waals surface area contributed by atoms with E-state index in [4.69, 9.17) is 4.74 Å². The fourth-order valence-corrected chi connectivity index (χ4v) is 6.77. The number of hydrogen-bond acceptors (Lipinski definition) is 8. The highest BCUT2D eigenvalue weighted by Gasteiger charge is 2.46. The molecule has 262 valence electrons. The van der Waals surface area contributed by atoms with Gasteiger partial charge in [0, 0.05) is 48.5 Å². The Kier molecular flexibility index (Phi) is 12.0. The fourth-order valence-electron chi connectivity index (χ4n) is 5.95. The number of amides is 5. The van der Waals surface area contributed by atoms with E-state index in [9.17, 15) is 24.0 Å². The van der Waals surface area contributed by atoms with E-state index in [2.05, 4.69) is 26.3 Å². The van der Waals surface area contributed by atoms with Crippen molar-refractivity contribution >= 4 is 40.9 Å². The number of likely N-dealkylation sites (tertiary alicyclic amines) is 1. The highest BCUT2D eigenvalue weighted by atomic mass is 32.1. The van der Waals surface area contributed by atoms with E-state index < -0.39 is 64.7 Å². The van der Waals surface area contributed by atoms with Crippen LogP contribution in [0.4, 0.5) is 4.79 Å². The Hall–Kier alpha value is -3.84. The van der Waals surface area contributed by atoms with Crippen molar-refractivity contribution in [1.82, 2.24) is 31.2 Å². The number of aromatic nitrogens is 1. The third kappa shape index (κ3) is 9.62. The lowest BCUT2D eigenvalue weighted by Gasteiger charge is -2.36. The number of carbonyl (C=O) groups is 5. The Balaban J connectivity index is 1.60. The van der Waals surface area contributed by atoms with Gasteiger partial charge in [-0.3, -0.25) is 19.2 Å². The van der Waals surface area contributed by atoms with Crippen molar-refractivity contribution in [3.8, 4) is 11.3 Å². The maximum Gasteiger partial charge on any atom is 0.315 e. The highest BCUT2D eigenvalue weighted by molar-refractivity contribution is 7.12. The van der Waals surface area contributed by atoms with Gasteiger partial charge in [0.05, 0.1) is 17.8 Å². The molecule has 1 aromatic carbocycles. The van der Waals surface area contributed by atoms with Crippen LogP contribution in [0.3, 0.4) is 0 Å². The predicted octanol–water partition coefficient (Wildman–Crippen LogP) is 3.91. The number of urea groups is 1. The van der Waals surface area contributed by atoms with Crippen LogP contribution in [-0.4, -0.2) is 88.9 Å². The second-order valence-corrected chi connectivity index (χ2v) is 15.6. The minimum atomic E-state index is -1.04. The number of benzene rings is 1. The Bertz CT molecular complexity index is 1470. The van der Waals surface area contributed by atoms with E-state index in [-0.39, 0.29) is 30.3 Å². The number of nitrogens with zero attached hydrogens (tertiary/aromatic N) is 2. The normalized spacial score (nSPS) is 20.9. The number of ketones is 1. The smallest absolute Gasteiger partial charge is 0.315 e. The Morgan fingerprint density at radius 3 is 2.40 bits per heavy atom. The molecule has 0 spiro atoms. The summed E-state index contributed by atoms with van der Waals surface area (Å²) < 4.78 is 6.01. The minimum Gasteiger partial charge on any atom is -0.376 e. The average molecular weight is 683 g/mol. The first-order valence-corrected chi connectivity index (χ1v) is 17.6. The van der Waals surface area contributed by atoms with Crippen LogP contribution in [0.15, 0.2) is 35.7 Å². The fraction of sp³-hybridized carbons (Fsp3) is 0.600.